The van der Waals surface area contributed by atoms with E-state index in [-0.39, 0.29) is 23.4 Å². The third-order valence-electron chi connectivity index (χ3n) is 7.44. The van der Waals surface area contributed by atoms with Crippen LogP contribution in [0.5, 0.6) is 11.5 Å². The zero-order valence-electron chi connectivity index (χ0n) is 23.4. The van der Waals surface area contributed by atoms with E-state index in [0.29, 0.717) is 34.3 Å². The number of carbonyl (C=O) groups excluding carboxylic acids is 1. The van der Waals surface area contributed by atoms with Gasteiger partial charge in [0.2, 0.25) is 10.0 Å². The molecule has 1 saturated carbocycles. The predicted octanol–water partition coefficient (Wildman–Crippen LogP) is 5.90. The van der Waals surface area contributed by atoms with Crippen molar-refractivity contribution in [3.63, 3.8) is 0 Å². The monoisotopic (exact) mass is 594 g/mol. The van der Waals surface area contributed by atoms with Crippen molar-refractivity contribution in [2.45, 2.75) is 56.5 Å². The van der Waals surface area contributed by atoms with Gasteiger partial charge in [-0.1, -0.05) is 43.6 Å². The SMILES string of the molecule is CCN(C1CCCCC1)S(=O)(=O)c1ccc(C(=O)N(Cc2cccnc2)c2nc3c(OC)ccc(OC)c3s2)cc1. The molecule has 216 valence electrons. The van der Waals surface area contributed by atoms with Gasteiger partial charge in [-0.15, -0.1) is 0 Å². The standard InChI is InChI=1S/C30H34N4O5S2/c1-4-34(23-10-6-5-7-11-23)41(36,37)24-14-12-22(13-15-24)29(35)33(20-21-9-8-18-31-19-21)30-32-27-25(38-2)16-17-26(39-3)28(27)40-30/h8-9,12-19,23H,4-7,10-11,20H2,1-3H3. The third-order valence-corrected chi connectivity index (χ3v) is 10.6. The van der Waals surface area contributed by atoms with Gasteiger partial charge in [0, 0.05) is 30.5 Å². The third kappa shape index (κ3) is 5.93. The number of amides is 1. The quantitative estimate of drug-likeness (QED) is 0.225. The number of ether oxygens (including phenoxy) is 2. The predicted molar refractivity (Wildman–Crippen MR) is 160 cm³/mol. The van der Waals surface area contributed by atoms with Crippen molar-refractivity contribution in [1.29, 1.82) is 0 Å². The van der Waals surface area contributed by atoms with E-state index in [0.717, 1.165) is 42.4 Å². The normalized spacial score (nSPS) is 14.3. The van der Waals surface area contributed by atoms with Gasteiger partial charge in [0.05, 0.1) is 25.7 Å². The highest BCUT2D eigenvalue weighted by Crippen LogP contribution is 2.41. The second kappa shape index (κ2) is 12.5. The maximum absolute atomic E-state index is 14.0. The van der Waals surface area contributed by atoms with E-state index in [4.69, 9.17) is 14.5 Å². The lowest BCUT2D eigenvalue weighted by molar-refractivity contribution is 0.0985. The van der Waals surface area contributed by atoms with E-state index in [1.807, 2.05) is 25.1 Å². The first-order chi connectivity index (χ1) is 19.9. The molecule has 0 radical (unpaired) electrons. The Balaban J connectivity index is 1.49. The van der Waals surface area contributed by atoms with Gasteiger partial charge < -0.3 is 9.47 Å². The number of rotatable bonds is 10. The number of methoxy groups -OCH3 is 2. The minimum absolute atomic E-state index is 0.0167. The molecule has 2 aromatic heterocycles. The first-order valence-electron chi connectivity index (χ1n) is 13.7. The summed E-state index contributed by atoms with van der Waals surface area (Å²) in [6, 6.07) is 13.5. The van der Waals surface area contributed by atoms with Crippen LogP contribution in [-0.2, 0) is 16.6 Å². The fraction of sp³-hybridized carbons (Fsp3) is 0.367. The molecule has 11 heteroatoms. The molecular weight excluding hydrogens is 560 g/mol. The molecule has 0 aliphatic heterocycles. The van der Waals surface area contributed by atoms with E-state index >= 15 is 0 Å². The molecule has 0 unspecified atom stereocenters. The van der Waals surface area contributed by atoms with Crippen molar-refractivity contribution in [3.8, 4) is 11.5 Å². The summed E-state index contributed by atoms with van der Waals surface area (Å²) in [6.07, 6.45) is 8.37. The van der Waals surface area contributed by atoms with E-state index < -0.39 is 10.0 Å². The van der Waals surface area contributed by atoms with Crippen LogP contribution in [0.1, 0.15) is 54.9 Å². The number of hydrogen-bond acceptors (Lipinski definition) is 8. The van der Waals surface area contributed by atoms with E-state index in [1.165, 1.54) is 23.5 Å². The smallest absolute Gasteiger partial charge is 0.260 e. The number of pyridine rings is 1. The number of anilines is 1. The number of benzene rings is 2. The summed E-state index contributed by atoms with van der Waals surface area (Å²) in [5, 5.41) is 0.461. The van der Waals surface area contributed by atoms with Crippen molar-refractivity contribution in [3.05, 3.63) is 72.1 Å². The summed E-state index contributed by atoms with van der Waals surface area (Å²) < 4.78 is 40.5. The van der Waals surface area contributed by atoms with Crippen molar-refractivity contribution in [2.75, 3.05) is 25.7 Å². The number of hydrogen-bond donors (Lipinski definition) is 0. The van der Waals surface area contributed by atoms with Crippen LogP contribution in [0, 0.1) is 0 Å². The fourth-order valence-electron chi connectivity index (χ4n) is 5.34. The highest BCUT2D eigenvalue weighted by atomic mass is 32.2. The van der Waals surface area contributed by atoms with Crippen molar-refractivity contribution < 1.29 is 22.7 Å². The van der Waals surface area contributed by atoms with Gasteiger partial charge >= 0.3 is 0 Å². The van der Waals surface area contributed by atoms with Gasteiger partial charge in [0.25, 0.3) is 5.91 Å². The molecule has 4 aromatic rings. The molecule has 0 spiro atoms. The molecule has 0 saturated heterocycles. The van der Waals surface area contributed by atoms with Gasteiger partial charge in [-0.05, 0) is 60.9 Å². The van der Waals surface area contributed by atoms with Gasteiger partial charge in [0.1, 0.15) is 21.7 Å². The fourth-order valence-corrected chi connectivity index (χ4v) is 8.11. The first-order valence-corrected chi connectivity index (χ1v) is 16.0. The summed E-state index contributed by atoms with van der Waals surface area (Å²) in [7, 11) is -0.527. The first kappa shape index (κ1) is 29.0. The molecule has 2 heterocycles. The lowest BCUT2D eigenvalue weighted by Gasteiger charge is -2.32. The van der Waals surface area contributed by atoms with Crippen LogP contribution in [0.3, 0.4) is 0 Å². The topological polar surface area (TPSA) is 102 Å². The molecule has 0 atom stereocenters. The average molecular weight is 595 g/mol. The zero-order chi connectivity index (χ0) is 29.0. The molecule has 0 bridgehead atoms. The Kier molecular flexibility index (Phi) is 8.86. The Bertz CT molecular complexity index is 1560. The van der Waals surface area contributed by atoms with Crippen LogP contribution >= 0.6 is 11.3 Å². The molecule has 2 aromatic carbocycles. The molecular formula is C30H34N4O5S2. The molecule has 5 rings (SSSR count). The highest BCUT2D eigenvalue weighted by Gasteiger charge is 2.31. The van der Waals surface area contributed by atoms with E-state index in [9.17, 15) is 13.2 Å². The van der Waals surface area contributed by atoms with Crippen LogP contribution in [-0.4, -0.2) is 55.4 Å². The molecule has 1 aliphatic carbocycles. The number of aromatic nitrogens is 2. The average Bonchev–Trinajstić information content (AvgIpc) is 3.46. The second-order valence-corrected chi connectivity index (χ2v) is 12.8. The molecule has 1 amide bonds. The molecule has 41 heavy (non-hydrogen) atoms. The van der Waals surface area contributed by atoms with Crippen molar-refractivity contribution >= 4 is 42.6 Å². The van der Waals surface area contributed by atoms with Crippen LogP contribution in [0.25, 0.3) is 10.2 Å². The van der Waals surface area contributed by atoms with Crippen LogP contribution in [0.15, 0.2) is 65.8 Å². The number of fused-ring (bicyclic) bond motifs is 1. The molecule has 1 aliphatic rings. The molecule has 9 nitrogen and oxygen atoms in total. The van der Waals surface area contributed by atoms with Crippen LogP contribution in [0.2, 0.25) is 0 Å². The Labute approximate surface area is 244 Å². The largest absolute Gasteiger partial charge is 0.495 e. The minimum atomic E-state index is -3.68. The zero-order valence-corrected chi connectivity index (χ0v) is 25.1. The van der Waals surface area contributed by atoms with Crippen LogP contribution < -0.4 is 14.4 Å². The lowest BCUT2D eigenvalue weighted by Crippen LogP contribution is -2.41. The highest BCUT2D eigenvalue weighted by molar-refractivity contribution is 7.89. The second-order valence-electron chi connectivity index (χ2n) is 9.92. The number of thiazole rings is 1. The number of sulfonamides is 1. The Hall–Kier alpha value is -3.54. The maximum atomic E-state index is 14.0. The Morgan fingerprint density at radius 3 is 2.34 bits per heavy atom. The Morgan fingerprint density at radius 1 is 1.00 bits per heavy atom. The number of nitrogens with zero attached hydrogens (tertiary/aromatic N) is 4. The van der Waals surface area contributed by atoms with Crippen molar-refractivity contribution in [1.82, 2.24) is 14.3 Å². The van der Waals surface area contributed by atoms with E-state index in [1.54, 1.807) is 54.0 Å². The minimum Gasteiger partial charge on any atom is -0.495 e. The van der Waals surface area contributed by atoms with Crippen molar-refractivity contribution in [2.24, 2.45) is 0 Å². The summed E-state index contributed by atoms with van der Waals surface area (Å²) in [4.78, 5) is 24.7. The van der Waals surface area contributed by atoms with Gasteiger partial charge in [0.15, 0.2) is 5.13 Å². The lowest BCUT2D eigenvalue weighted by atomic mass is 9.95. The summed E-state index contributed by atoms with van der Waals surface area (Å²) in [5.41, 5.74) is 1.77. The Morgan fingerprint density at radius 2 is 1.71 bits per heavy atom. The summed E-state index contributed by atoms with van der Waals surface area (Å²) >= 11 is 1.32. The summed E-state index contributed by atoms with van der Waals surface area (Å²) in [5.74, 6) is 0.894. The van der Waals surface area contributed by atoms with Gasteiger partial charge in [-0.25, -0.2) is 13.4 Å². The summed E-state index contributed by atoms with van der Waals surface area (Å²) in [6.45, 7) is 2.52. The molecule has 0 N–H and O–H groups in total. The molecule has 1 fully saturated rings. The number of carbonyl (C=O) groups is 1. The van der Waals surface area contributed by atoms with Gasteiger partial charge in [-0.3, -0.25) is 14.7 Å². The van der Waals surface area contributed by atoms with Crippen LogP contribution in [0.4, 0.5) is 5.13 Å². The van der Waals surface area contributed by atoms with Gasteiger partial charge in [-0.2, -0.15) is 4.31 Å². The van der Waals surface area contributed by atoms with E-state index in [2.05, 4.69) is 4.98 Å². The maximum Gasteiger partial charge on any atom is 0.260 e.